The lowest BCUT2D eigenvalue weighted by Gasteiger charge is -2.30. The number of rotatable bonds is 6. The van der Waals surface area contributed by atoms with E-state index in [0.29, 0.717) is 0 Å². The lowest BCUT2D eigenvalue weighted by atomic mass is 9.86. The molecule has 0 aromatic heterocycles. The van der Waals surface area contributed by atoms with Crippen molar-refractivity contribution >= 4 is 0 Å². The highest BCUT2D eigenvalue weighted by Gasteiger charge is 2.30. The van der Waals surface area contributed by atoms with Gasteiger partial charge in [0.2, 0.25) is 0 Å². The Bertz CT molecular complexity index is 183. The van der Waals surface area contributed by atoms with Gasteiger partial charge in [0, 0.05) is 12.1 Å². The van der Waals surface area contributed by atoms with Gasteiger partial charge in [0.15, 0.2) is 0 Å². The minimum absolute atomic E-state index is 0.746. The van der Waals surface area contributed by atoms with Crippen LogP contribution in [0.2, 0.25) is 0 Å². The third kappa shape index (κ3) is 3.45. The molecule has 2 atom stereocenters. The summed E-state index contributed by atoms with van der Waals surface area (Å²) in [6, 6.07) is 1.49. The van der Waals surface area contributed by atoms with Crippen molar-refractivity contribution in [3.8, 4) is 0 Å². The first-order chi connectivity index (χ1) is 8.35. The predicted molar refractivity (Wildman–Crippen MR) is 74.2 cm³/mol. The summed E-state index contributed by atoms with van der Waals surface area (Å²) in [5, 5.41) is 7.18. The van der Waals surface area contributed by atoms with Crippen molar-refractivity contribution in [2.24, 2.45) is 11.8 Å². The molecule has 2 rings (SSSR count). The van der Waals surface area contributed by atoms with Gasteiger partial charge in [-0.05, 0) is 58.0 Å². The molecule has 0 saturated heterocycles. The smallest absolute Gasteiger partial charge is 0.0107 e. The Kier molecular flexibility index (Phi) is 5.30. The largest absolute Gasteiger partial charge is 0.317 e. The molecule has 17 heavy (non-hydrogen) atoms. The Morgan fingerprint density at radius 3 is 1.41 bits per heavy atom. The maximum absolute atomic E-state index is 3.59. The molecule has 2 N–H and O–H groups in total. The lowest BCUT2D eigenvalue weighted by Crippen LogP contribution is -2.42. The van der Waals surface area contributed by atoms with Crippen molar-refractivity contribution in [3.63, 3.8) is 0 Å². The quantitative estimate of drug-likeness (QED) is 0.743. The standard InChI is InChI=1S/C15H30N2/c1-16-14(12-7-3-4-8-12)11-15(17-2)13-9-5-6-10-13/h12-17H,3-11H2,1-2H3. The average molecular weight is 238 g/mol. The van der Waals surface area contributed by atoms with E-state index in [4.69, 9.17) is 0 Å². The minimum Gasteiger partial charge on any atom is -0.317 e. The van der Waals surface area contributed by atoms with Crippen LogP contribution in [0.3, 0.4) is 0 Å². The zero-order valence-corrected chi connectivity index (χ0v) is 11.7. The highest BCUT2D eigenvalue weighted by molar-refractivity contribution is 4.87. The summed E-state index contributed by atoms with van der Waals surface area (Å²) >= 11 is 0. The van der Waals surface area contributed by atoms with E-state index in [-0.39, 0.29) is 0 Å². The van der Waals surface area contributed by atoms with Crippen LogP contribution in [-0.2, 0) is 0 Å². The van der Waals surface area contributed by atoms with Crippen molar-refractivity contribution in [1.29, 1.82) is 0 Å². The normalized spacial score (nSPS) is 26.5. The van der Waals surface area contributed by atoms with Gasteiger partial charge in [-0.1, -0.05) is 25.7 Å². The van der Waals surface area contributed by atoms with Crippen LogP contribution in [0.1, 0.15) is 57.8 Å². The SMILES string of the molecule is CNC(CC(NC)C1CCCC1)C1CCCC1. The third-order valence-corrected chi connectivity index (χ3v) is 5.19. The topological polar surface area (TPSA) is 24.1 Å². The van der Waals surface area contributed by atoms with Crippen LogP contribution in [0.5, 0.6) is 0 Å². The van der Waals surface area contributed by atoms with E-state index >= 15 is 0 Å². The first-order valence-electron chi connectivity index (χ1n) is 7.69. The van der Waals surface area contributed by atoms with Gasteiger partial charge in [-0.15, -0.1) is 0 Å². The molecule has 0 aliphatic heterocycles. The van der Waals surface area contributed by atoms with Gasteiger partial charge in [-0.2, -0.15) is 0 Å². The summed E-state index contributed by atoms with van der Waals surface area (Å²) in [6.45, 7) is 0. The molecule has 2 aliphatic carbocycles. The van der Waals surface area contributed by atoms with Crippen LogP contribution in [0.25, 0.3) is 0 Å². The molecule has 0 spiro atoms. The van der Waals surface area contributed by atoms with E-state index in [2.05, 4.69) is 24.7 Å². The van der Waals surface area contributed by atoms with Crippen LogP contribution >= 0.6 is 0 Å². The molecule has 2 nitrogen and oxygen atoms in total. The molecular weight excluding hydrogens is 208 g/mol. The summed E-state index contributed by atoms with van der Waals surface area (Å²) in [7, 11) is 4.31. The van der Waals surface area contributed by atoms with Gasteiger partial charge in [-0.3, -0.25) is 0 Å². The highest BCUT2D eigenvalue weighted by Crippen LogP contribution is 2.33. The fourth-order valence-corrected chi connectivity index (χ4v) is 4.09. The van der Waals surface area contributed by atoms with Crippen molar-refractivity contribution in [2.45, 2.75) is 69.9 Å². The molecule has 0 heterocycles. The summed E-state index contributed by atoms with van der Waals surface area (Å²) in [5.74, 6) is 1.88. The molecule has 2 aliphatic rings. The first kappa shape index (κ1) is 13.4. The molecule has 0 aromatic carbocycles. The summed E-state index contributed by atoms with van der Waals surface area (Å²) in [4.78, 5) is 0. The molecule has 2 heteroatoms. The average Bonchev–Trinajstić information content (AvgIpc) is 3.03. The second-order valence-electron chi connectivity index (χ2n) is 6.12. The van der Waals surface area contributed by atoms with Crippen molar-refractivity contribution in [3.05, 3.63) is 0 Å². The first-order valence-corrected chi connectivity index (χ1v) is 7.69. The van der Waals surface area contributed by atoms with Crippen LogP contribution < -0.4 is 10.6 Å². The van der Waals surface area contributed by atoms with Crippen LogP contribution in [0, 0.1) is 11.8 Å². The van der Waals surface area contributed by atoms with E-state index in [1.54, 1.807) is 0 Å². The lowest BCUT2D eigenvalue weighted by molar-refractivity contribution is 0.274. The fourth-order valence-electron chi connectivity index (χ4n) is 4.09. The fraction of sp³-hybridized carbons (Fsp3) is 1.00. The molecule has 2 unspecified atom stereocenters. The predicted octanol–water partition coefficient (Wildman–Crippen LogP) is 2.93. The molecule has 100 valence electrons. The van der Waals surface area contributed by atoms with Crippen molar-refractivity contribution in [2.75, 3.05) is 14.1 Å². The Hall–Kier alpha value is -0.0800. The molecular formula is C15H30N2. The van der Waals surface area contributed by atoms with Gasteiger partial charge in [-0.25, -0.2) is 0 Å². The molecule has 0 radical (unpaired) electrons. The minimum atomic E-state index is 0.746. The van der Waals surface area contributed by atoms with Gasteiger partial charge >= 0.3 is 0 Å². The maximum Gasteiger partial charge on any atom is 0.0107 e. The number of hydrogen-bond acceptors (Lipinski definition) is 2. The molecule has 0 aromatic rings. The number of nitrogens with one attached hydrogen (secondary N) is 2. The Balaban J connectivity index is 1.86. The molecule has 0 amide bonds. The van der Waals surface area contributed by atoms with E-state index in [1.165, 1.54) is 57.8 Å². The van der Waals surface area contributed by atoms with Gasteiger partial charge in [0.25, 0.3) is 0 Å². The van der Waals surface area contributed by atoms with Crippen LogP contribution in [0.4, 0.5) is 0 Å². The summed E-state index contributed by atoms with van der Waals surface area (Å²) < 4.78 is 0. The van der Waals surface area contributed by atoms with Crippen molar-refractivity contribution < 1.29 is 0 Å². The Morgan fingerprint density at radius 1 is 0.765 bits per heavy atom. The monoisotopic (exact) mass is 238 g/mol. The Labute approximate surface area is 107 Å². The zero-order chi connectivity index (χ0) is 12.1. The van der Waals surface area contributed by atoms with Crippen LogP contribution in [-0.4, -0.2) is 26.2 Å². The number of hydrogen-bond donors (Lipinski definition) is 2. The van der Waals surface area contributed by atoms with E-state index in [9.17, 15) is 0 Å². The second-order valence-corrected chi connectivity index (χ2v) is 6.12. The van der Waals surface area contributed by atoms with Crippen LogP contribution in [0.15, 0.2) is 0 Å². The van der Waals surface area contributed by atoms with Gasteiger partial charge in [0.1, 0.15) is 0 Å². The van der Waals surface area contributed by atoms with E-state index < -0.39 is 0 Å². The Morgan fingerprint density at radius 2 is 1.12 bits per heavy atom. The molecule has 2 saturated carbocycles. The molecule has 2 fully saturated rings. The third-order valence-electron chi connectivity index (χ3n) is 5.19. The maximum atomic E-state index is 3.59. The highest BCUT2D eigenvalue weighted by atomic mass is 14.9. The zero-order valence-electron chi connectivity index (χ0n) is 11.7. The molecule has 0 bridgehead atoms. The van der Waals surface area contributed by atoms with E-state index in [0.717, 1.165) is 23.9 Å². The van der Waals surface area contributed by atoms with Gasteiger partial charge < -0.3 is 10.6 Å². The second kappa shape index (κ2) is 6.75. The van der Waals surface area contributed by atoms with Gasteiger partial charge in [0.05, 0.1) is 0 Å². The summed E-state index contributed by atoms with van der Waals surface area (Å²) in [6.07, 6.45) is 13.0. The summed E-state index contributed by atoms with van der Waals surface area (Å²) in [5.41, 5.74) is 0. The van der Waals surface area contributed by atoms with Crippen molar-refractivity contribution in [1.82, 2.24) is 10.6 Å². The van der Waals surface area contributed by atoms with E-state index in [1.807, 2.05) is 0 Å².